The second-order valence-electron chi connectivity index (χ2n) is 9.72. The molecule has 0 spiro atoms. The van der Waals surface area contributed by atoms with Crippen molar-refractivity contribution in [1.82, 2.24) is 14.7 Å². The number of carbonyl (C=O) groups excluding carboxylic acids is 1. The summed E-state index contributed by atoms with van der Waals surface area (Å²) < 4.78 is 34.8. The Morgan fingerprint density at radius 2 is 2.00 bits per heavy atom. The lowest BCUT2D eigenvalue weighted by Crippen LogP contribution is -2.39. The normalized spacial score (nSPS) is 19.8. The molecule has 0 saturated heterocycles. The molecule has 7 nitrogen and oxygen atoms in total. The molecule has 6 rings (SSSR count). The Balaban J connectivity index is 1.32. The van der Waals surface area contributed by atoms with Crippen molar-refractivity contribution >= 4 is 26.8 Å². The molecule has 0 radical (unpaired) electrons. The molecule has 3 aromatic rings. The minimum Gasteiger partial charge on any atom is -0.477 e. The van der Waals surface area contributed by atoms with E-state index in [0.29, 0.717) is 48.1 Å². The van der Waals surface area contributed by atoms with E-state index < -0.39 is 21.3 Å². The van der Waals surface area contributed by atoms with E-state index in [1.165, 1.54) is 12.5 Å². The highest BCUT2D eigenvalue weighted by Gasteiger charge is 2.55. The van der Waals surface area contributed by atoms with Crippen molar-refractivity contribution in [3.8, 4) is 5.88 Å². The summed E-state index contributed by atoms with van der Waals surface area (Å²) in [5.41, 5.74) is 1.65. The maximum Gasteiger partial charge on any atom is 0.264 e. The van der Waals surface area contributed by atoms with Gasteiger partial charge in [0.1, 0.15) is 0 Å². The Morgan fingerprint density at radius 1 is 1.18 bits per heavy atom. The van der Waals surface area contributed by atoms with Gasteiger partial charge in [-0.15, -0.1) is 0 Å². The summed E-state index contributed by atoms with van der Waals surface area (Å²) in [6.07, 6.45) is 10.5. The average Bonchev–Trinajstić information content (AvgIpc) is 3.68. The number of fused-ring (bicyclic) bond motifs is 1. The van der Waals surface area contributed by atoms with Crippen LogP contribution in [0.3, 0.4) is 0 Å². The average molecular weight is 466 g/mol. The first-order valence-electron chi connectivity index (χ1n) is 11.7. The third-order valence-corrected chi connectivity index (χ3v) is 8.76. The topological polar surface area (TPSA) is 101 Å². The van der Waals surface area contributed by atoms with Gasteiger partial charge in [-0.1, -0.05) is 12.5 Å². The predicted molar refractivity (Wildman–Crippen MR) is 124 cm³/mol. The standard InChI is InChI=1S/C25H27N3O4S/c29-24(28-33(30,31)22-6-2-5-21-19(22)9-12-26-21)25(10-11-25)20-13-18(17-3-1-4-17)14-27-23(20)32-15-16-7-8-16/h2,5-6,9,12-14,16-17,26H,1,3-4,7-8,10-11,15H2,(H,28,29). The lowest BCUT2D eigenvalue weighted by molar-refractivity contribution is -0.121. The SMILES string of the molecule is O=C(NS(=O)(=O)c1cccc2[nH]ccc12)C1(c2cc(C3CCC3)cnc2OCC2CC2)CC1. The third kappa shape index (κ3) is 3.70. The van der Waals surface area contributed by atoms with E-state index in [1.54, 1.807) is 24.4 Å². The Labute approximate surface area is 193 Å². The van der Waals surface area contributed by atoms with E-state index in [-0.39, 0.29) is 4.90 Å². The van der Waals surface area contributed by atoms with Crippen molar-refractivity contribution in [2.45, 2.75) is 61.2 Å². The highest BCUT2D eigenvalue weighted by Crippen LogP contribution is 2.52. The zero-order chi connectivity index (χ0) is 22.6. The Kier molecular flexibility index (Phi) is 4.76. The number of hydrogen-bond donors (Lipinski definition) is 2. The molecule has 3 aliphatic carbocycles. The van der Waals surface area contributed by atoms with Gasteiger partial charge in [0.2, 0.25) is 11.8 Å². The molecule has 0 atom stereocenters. The maximum atomic E-state index is 13.5. The molecule has 3 saturated carbocycles. The fourth-order valence-corrected chi connectivity index (χ4v) is 5.96. The number of nitrogens with one attached hydrogen (secondary N) is 2. The Hall–Kier alpha value is -2.87. The van der Waals surface area contributed by atoms with E-state index >= 15 is 0 Å². The number of H-pyrrole nitrogens is 1. The summed E-state index contributed by atoms with van der Waals surface area (Å²) in [4.78, 5) is 21.2. The van der Waals surface area contributed by atoms with Gasteiger partial charge >= 0.3 is 0 Å². The minimum absolute atomic E-state index is 0.0944. The second kappa shape index (κ2) is 7.58. The molecule has 0 aliphatic heterocycles. The van der Waals surface area contributed by atoms with Gasteiger partial charge in [0.25, 0.3) is 10.0 Å². The number of hydrogen-bond acceptors (Lipinski definition) is 5. The summed E-state index contributed by atoms with van der Waals surface area (Å²) in [5.74, 6) is 0.987. The highest BCUT2D eigenvalue weighted by atomic mass is 32.2. The molecule has 1 aromatic carbocycles. The molecule has 1 amide bonds. The first kappa shape index (κ1) is 20.7. The van der Waals surface area contributed by atoms with Crippen molar-refractivity contribution in [3.63, 3.8) is 0 Å². The van der Waals surface area contributed by atoms with Gasteiger partial charge in [-0.05, 0) is 80.2 Å². The summed E-state index contributed by atoms with van der Waals surface area (Å²) in [5, 5.41) is 0.560. The zero-order valence-electron chi connectivity index (χ0n) is 18.3. The molecule has 2 N–H and O–H groups in total. The van der Waals surface area contributed by atoms with Crippen molar-refractivity contribution < 1.29 is 17.9 Å². The van der Waals surface area contributed by atoms with Gasteiger partial charge in [0, 0.05) is 28.9 Å². The lowest BCUT2D eigenvalue weighted by Gasteiger charge is -2.27. The largest absolute Gasteiger partial charge is 0.477 e. The van der Waals surface area contributed by atoms with Crippen molar-refractivity contribution in [3.05, 3.63) is 53.9 Å². The molecule has 172 valence electrons. The number of sulfonamides is 1. The number of pyridine rings is 1. The van der Waals surface area contributed by atoms with Crippen LogP contribution in [0.5, 0.6) is 5.88 Å². The summed E-state index contributed by atoms with van der Waals surface area (Å²) in [6.45, 7) is 0.592. The van der Waals surface area contributed by atoms with Gasteiger partial charge in [-0.2, -0.15) is 0 Å². The minimum atomic E-state index is -4.04. The van der Waals surface area contributed by atoms with Crippen LogP contribution in [0.15, 0.2) is 47.6 Å². The highest BCUT2D eigenvalue weighted by molar-refractivity contribution is 7.90. The van der Waals surface area contributed by atoms with Crippen LogP contribution < -0.4 is 9.46 Å². The number of nitrogens with zero attached hydrogens (tertiary/aromatic N) is 1. The lowest BCUT2D eigenvalue weighted by atomic mass is 9.79. The third-order valence-electron chi connectivity index (χ3n) is 7.37. The molecular formula is C25H27N3O4S. The van der Waals surface area contributed by atoms with Crippen LogP contribution in [0.2, 0.25) is 0 Å². The molecule has 2 heterocycles. The van der Waals surface area contributed by atoms with Crippen LogP contribution >= 0.6 is 0 Å². The van der Waals surface area contributed by atoms with Crippen LogP contribution in [0.4, 0.5) is 0 Å². The number of amides is 1. The molecule has 0 bridgehead atoms. The Bertz CT molecular complexity index is 1330. The smallest absolute Gasteiger partial charge is 0.264 e. The number of rotatable bonds is 8. The maximum absolute atomic E-state index is 13.5. The predicted octanol–water partition coefficient (Wildman–Crippen LogP) is 4.16. The molecule has 3 fully saturated rings. The van der Waals surface area contributed by atoms with Crippen LogP contribution in [-0.2, 0) is 20.2 Å². The monoisotopic (exact) mass is 465 g/mol. The Morgan fingerprint density at radius 3 is 2.70 bits per heavy atom. The van der Waals surface area contributed by atoms with Crippen molar-refractivity contribution in [1.29, 1.82) is 0 Å². The van der Waals surface area contributed by atoms with Gasteiger partial charge in [0.15, 0.2) is 0 Å². The van der Waals surface area contributed by atoms with E-state index in [1.807, 2.05) is 12.3 Å². The van der Waals surface area contributed by atoms with Gasteiger partial charge in [-0.3, -0.25) is 4.79 Å². The van der Waals surface area contributed by atoms with E-state index in [0.717, 1.165) is 36.8 Å². The van der Waals surface area contributed by atoms with Gasteiger partial charge in [-0.25, -0.2) is 18.1 Å². The fraction of sp³-hybridized carbons (Fsp3) is 0.440. The van der Waals surface area contributed by atoms with Gasteiger partial charge in [0.05, 0.1) is 16.9 Å². The fourth-order valence-electron chi connectivity index (χ4n) is 4.68. The number of ether oxygens (including phenoxy) is 1. The quantitative estimate of drug-likeness (QED) is 0.520. The first-order valence-corrected chi connectivity index (χ1v) is 13.2. The van der Waals surface area contributed by atoms with E-state index in [4.69, 9.17) is 4.74 Å². The zero-order valence-corrected chi connectivity index (χ0v) is 19.2. The van der Waals surface area contributed by atoms with E-state index in [2.05, 4.69) is 14.7 Å². The van der Waals surface area contributed by atoms with Crippen LogP contribution in [0.25, 0.3) is 10.9 Å². The number of aromatic amines is 1. The van der Waals surface area contributed by atoms with Crippen molar-refractivity contribution in [2.24, 2.45) is 5.92 Å². The second-order valence-corrected chi connectivity index (χ2v) is 11.4. The number of carbonyl (C=O) groups is 1. The number of benzene rings is 1. The van der Waals surface area contributed by atoms with Crippen LogP contribution in [0, 0.1) is 5.92 Å². The molecule has 2 aromatic heterocycles. The summed E-state index contributed by atoms with van der Waals surface area (Å²) in [7, 11) is -4.04. The molecule has 3 aliphatic rings. The molecule has 33 heavy (non-hydrogen) atoms. The van der Waals surface area contributed by atoms with Gasteiger partial charge < -0.3 is 9.72 Å². The number of aromatic nitrogens is 2. The molecular weight excluding hydrogens is 438 g/mol. The molecule has 0 unspecified atom stereocenters. The van der Waals surface area contributed by atoms with Crippen LogP contribution in [-0.4, -0.2) is 30.9 Å². The van der Waals surface area contributed by atoms with Crippen molar-refractivity contribution in [2.75, 3.05) is 6.61 Å². The van der Waals surface area contributed by atoms with E-state index in [9.17, 15) is 13.2 Å². The molecule has 8 heteroatoms. The first-order chi connectivity index (χ1) is 16.0. The summed E-state index contributed by atoms with van der Waals surface area (Å²) >= 11 is 0. The summed E-state index contributed by atoms with van der Waals surface area (Å²) in [6, 6.07) is 8.75. The van der Waals surface area contributed by atoms with Crippen LogP contribution in [0.1, 0.15) is 62.0 Å².